The summed E-state index contributed by atoms with van der Waals surface area (Å²) in [5.74, 6) is 1.47. The van der Waals surface area contributed by atoms with E-state index < -0.39 is 6.04 Å². The van der Waals surface area contributed by atoms with Crippen LogP contribution in [0.1, 0.15) is 56.8 Å². The number of hydrogen-bond donors (Lipinski definition) is 1. The minimum absolute atomic E-state index is 0.191. The second-order valence-corrected chi connectivity index (χ2v) is 15.4. The molecule has 3 atom stereocenters. The summed E-state index contributed by atoms with van der Waals surface area (Å²) >= 11 is 12.2. The fourth-order valence-electron chi connectivity index (χ4n) is 7.40. The van der Waals surface area contributed by atoms with Crippen LogP contribution in [0.4, 0.5) is 0 Å². The summed E-state index contributed by atoms with van der Waals surface area (Å²) in [6.07, 6.45) is 0.589. The topological polar surface area (TPSA) is 101 Å². The van der Waals surface area contributed by atoms with Gasteiger partial charge in [-0.25, -0.2) is 0 Å². The number of ether oxygens (including phenoxy) is 3. The van der Waals surface area contributed by atoms with Crippen molar-refractivity contribution < 1.29 is 23.8 Å². The van der Waals surface area contributed by atoms with Crippen molar-refractivity contribution in [2.45, 2.75) is 51.1 Å². The van der Waals surface area contributed by atoms with E-state index in [0.717, 1.165) is 38.9 Å². The number of fused-ring (bicyclic) bond motifs is 2. The molecule has 58 heavy (non-hydrogen) atoms. The Morgan fingerprint density at radius 1 is 0.828 bits per heavy atom. The molecule has 0 saturated carbocycles. The molecule has 290 valence electrons. The van der Waals surface area contributed by atoms with Crippen molar-refractivity contribution in [2.24, 2.45) is 0 Å². The molecule has 2 aliphatic rings. The first-order valence-electron chi connectivity index (χ1n) is 19.1. The van der Waals surface area contributed by atoms with Gasteiger partial charge in [-0.05, 0) is 113 Å². The van der Waals surface area contributed by atoms with E-state index in [1.165, 1.54) is 0 Å². The zero-order valence-electron chi connectivity index (χ0n) is 31.7. The Kier molecular flexibility index (Phi) is 11.4. The predicted octanol–water partition coefficient (Wildman–Crippen LogP) is 9.94. The van der Waals surface area contributed by atoms with Gasteiger partial charge in [-0.3, -0.25) is 9.59 Å². The first-order valence-corrected chi connectivity index (χ1v) is 19.8. The summed E-state index contributed by atoms with van der Waals surface area (Å²) in [5, 5.41) is 13.3. The summed E-state index contributed by atoms with van der Waals surface area (Å²) in [6.45, 7) is 2.87. The van der Waals surface area contributed by atoms with Crippen molar-refractivity contribution >= 4 is 35.0 Å². The minimum atomic E-state index is -0.728. The fraction of sp³-hybridized carbons (Fsp3) is 0.188. The molecular formula is C48H39Cl2N3O5. The number of benzene rings is 6. The van der Waals surface area contributed by atoms with Crippen LogP contribution < -0.4 is 19.5 Å². The maximum absolute atomic E-state index is 14.1. The molecular weight excluding hydrogens is 769 g/mol. The van der Waals surface area contributed by atoms with Gasteiger partial charge in [-0.1, -0.05) is 96.0 Å². The zero-order chi connectivity index (χ0) is 40.2. The van der Waals surface area contributed by atoms with Crippen LogP contribution in [0.2, 0.25) is 10.0 Å². The lowest BCUT2D eigenvalue weighted by atomic mass is 9.91. The Bertz CT molecular complexity index is 2490. The Labute approximate surface area is 347 Å². The first-order chi connectivity index (χ1) is 28.2. The number of carbonyl (C=O) groups is 2. The van der Waals surface area contributed by atoms with Gasteiger partial charge in [0.25, 0.3) is 5.91 Å². The van der Waals surface area contributed by atoms with Crippen molar-refractivity contribution in [1.29, 1.82) is 5.26 Å². The number of amides is 2. The average molecular weight is 809 g/mol. The molecule has 1 N–H and O–H groups in total. The molecule has 0 saturated heterocycles. The molecule has 0 aromatic heterocycles. The molecule has 2 heterocycles. The number of halogens is 2. The fourth-order valence-corrected chi connectivity index (χ4v) is 7.72. The SMILES string of the molecule is C[C@H](Cc1ccc(-c2ccc(C#N)cc2)cc1)NC(=O)[C@@H]1Cc2cc3c(cc2CN1C(=O)c1ccccc1)OC(c1ccc(OCc2ccc(Cl)c(Cl)c2)cc1)CO3. The second kappa shape index (κ2) is 17.1. The van der Waals surface area contributed by atoms with Crippen molar-refractivity contribution in [3.8, 4) is 34.4 Å². The van der Waals surface area contributed by atoms with E-state index in [9.17, 15) is 9.59 Å². The van der Waals surface area contributed by atoms with Crippen molar-refractivity contribution in [2.75, 3.05) is 6.61 Å². The number of rotatable bonds is 10. The van der Waals surface area contributed by atoms with E-state index >= 15 is 0 Å². The van der Waals surface area contributed by atoms with Gasteiger partial charge >= 0.3 is 0 Å². The number of nitriles is 1. The minimum Gasteiger partial charge on any atom is -0.489 e. The molecule has 0 spiro atoms. The summed E-state index contributed by atoms with van der Waals surface area (Å²) in [7, 11) is 0. The third-order valence-corrected chi connectivity index (χ3v) is 11.3. The van der Waals surface area contributed by atoms with E-state index in [-0.39, 0.29) is 30.5 Å². The number of nitrogens with one attached hydrogen (secondary N) is 1. The molecule has 0 radical (unpaired) electrons. The van der Waals surface area contributed by atoms with Gasteiger partial charge in [0, 0.05) is 24.6 Å². The molecule has 2 amide bonds. The molecule has 6 aromatic carbocycles. The highest BCUT2D eigenvalue weighted by atomic mass is 35.5. The van der Waals surface area contributed by atoms with E-state index in [0.29, 0.717) is 64.5 Å². The van der Waals surface area contributed by atoms with Gasteiger partial charge in [-0.2, -0.15) is 5.26 Å². The molecule has 1 unspecified atom stereocenters. The molecule has 0 fully saturated rings. The van der Waals surface area contributed by atoms with Crippen LogP contribution >= 0.6 is 23.2 Å². The van der Waals surface area contributed by atoms with Crippen LogP contribution in [0.5, 0.6) is 17.2 Å². The van der Waals surface area contributed by atoms with E-state index in [4.69, 9.17) is 42.7 Å². The van der Waals surface area contributed by atoms with Crippen molar-refractivity contribution in [1.82, 2.24) is 10.2 Å². The van der Waals surface area contributed by atoms with E-state index in [1.807, 2.05) is 104 Å². The number of nitrogens with zero attached hydrogens (tertiary/aromatic N) is 2. The smallest absolute Gasteiger partial charge is 0.254 e. The van der Waals surface area contributed by atoms with Gasteiger partial charge in [-0.15, -0.1) is 0 Å². The third-order valence-electron chi connectivity index (χ3n) is 10.5. The molecule has 0 bridgehead atoms. The van der Waals surface area contributed by atoms with Crippen LogP contribution in [0.25, 0.3) is 11.1 Å². The largest absolute Gasteiger partial charge is 0.489 e. The Morgan fingerprint density at radius 3 is 2.22 bits per heavy atom. The Morgan fingerprint density at radius 2 is 1.52 bits per heavy atom. The van der Waals surface area contributed by atoms with E-state index in [1.54, 1.807) is 29.2 Å². The van der Waals surface area contributed by atoms with Crippen LogP contribution in [0, 0.1) is 11.3 Å². The highest BCUT2D eigenvalue weighted by Gasteiger charge is 2.37. The summed E-state index contributed by atoms with van der Waals surface area (Å²) in [6, 6.07) is 43.0. The average Bonchev–Trinajstić information content (AvgIpc) is 3.26. The first kappa shape index (κ1) is 38.6. The molecule has 8 rings (SSSR count). The summed E-state index contributed by atoms with van der Waals surface area (Å²) < 4.78 is 18.7. The molecule has 0 aliphatic carbocycles. The second-order valence-electron chi connectivity index (χ2n) is 14.6. The highest BCUT2D eigenvalue weighted by molar-refractivity contribution is 6.42. The molecule has 2 aliphatic heterocycles. The third kappa shape index (κ3) is 8.67. The van der Waals surface area contributed by atoms with Crippen LogP contribution in [-0.2, 0) is 30.8 Å². The van der Waals surface area contributed by atoms with E-state index in [2.05, 4.69) is 23.5 Å². The van der Waals surface area contributed by atoms with Crippen LogP contribution in [0.3, 0.4) is 0 Å². The Balaban J connectivity index is 0.949. The normalized spacial score (nSPS) is 16.1. The van der Waals surface area contributed by atoms with Crippen LogP contribution in [-0.4, -0.2) is 35.4 Å². The monoisotopic (exact) mass is 807 g/mol. The lowest BCUT2D eigenvalue weighted by Gasteiger charge is -2.38. The van der Waals surface area contributed by atoms with Gasteiger partial charge in [0.2, 0.25) is 5.91 Å². The zero-order valence-corrected chi connectivity index (χ0v) is 33.2. The Hall–Kier alpha value is -6.27. The van der Waals surface area contributed by atoms with Crippen molar-refractivity contribution in [3.05, 3.63) is 182 Å². The molecule has 8 nitrogen and oxygen atoms in total. The highest BCUT2D eigenvalue weighted by Crippen LogP contribution is 2.41. The quantitative estimate of drug-likeness (QED) is 0.148. The molecule has 10 heteroatoms. The van der Waals surface area contributed by atoms with Gasteiger partial charge in [0.1, 0.15) is 25.0 Å². The van der Waals surface area contributed by atoms with Crippen molar-refractivity contribution in [3.63, 3.8) is 0 Å². The summed E-state index contributed by atoms with van der Waals surface area (Å²) in [5.41, 5.74) is 7.96. The number of carbonyl (C=O) groups excluding carboxylic acids is 2. The number of hydrogen-bond acceptors (Lipinski definition) is 6. The van der Waals surface area contributed by atoms with Gasteiger partial charge < -0.3 is 24.4 Å². The maximum atomic E-state index is 14.1. The standard InChI is InChI=1S/C48H39Cl2N3O5/c1-30(21-31-7-12-34(13-8-31)35-14-9-32(26-51)10-15-35)52-47(54)43-23-38-24-44-45(25-39(38)27-53(43)48(55)37-5-3-2-4-6-37)58-46(29-57-44)36-16-18-40(19-17-36)56-28-33-11-20-41(49)42(50)22-33/h2-20,22,24-25,30,43,46H,21,23,27-29H2,1H3,(H,52,54)/t30-,43+,46?/m1/s1. The lowest BCUT2D eigenvalue weighted by Crippen LogP contribution is -2.54. The lowest BCUT2D eigenvalue weighted by molar-refractivity contribution is -0.126. The van der Waals surface area contributed by atoms with Crippen LogP contribution in [0.15, 0.2) is 133 Å². The maximum Gasteiger partial charge on any atom is 0.254 e. The summed E-state index contributed by atoms with van der Waals surface area (Å²) in [4.78, 5) is 29.8. The van der Waals surface area contributed by atoms with Gasteiger partial charge in [0.15, 0.2) is 17.6 Å². The predicted molar refractivity (Wildman–Crippen MR) is 224 cm³/mol. The van der Waals surface area contributed by atoms with Gasteiger partial charge in [0.05, 0.1) is 21.7 Å². The molecule has 6 aromatic rings.